The van der Waals surface area contributed by atoms with Gasteiger partial charge in [0.2, 0.25) is 5.88 Å². The molecule has 0 aromatic carbocycles. The van der Waals surface area contributed by atoms with Crippen molar-refractivity contribution in [1.82, 2.24) is 4.98 Å². The Morgan fingerprint density at radius 2 is 2.16 bits per heavy atom. The Morgan fingerprint density at radius 3 is 2.63 bits per heavy atom. The fourth-order valence-corrected chi connectivity index (χ4v) is 1.21. The van der Waals surface area contributed by atoms with Crippen molar-refractivity contribution in [2.45, 2.75) is 19.8 Å². The summed E-state index contributed by atoms with van der Waals surface area (Å²) in [7, 11) is 0. The highest BCUT2D eigenvalue weighted by Gasteiger charge is 2.34. The maximum Gasteiger partial charge on any atom is 0.574 e. The van der Waals surface area contributed by atoms with Crippen LogP contribution in [0.5, 0.6) is 11.6 Å². The summed E-state index contributed by atoms with van der Waals surface area (Å²) in [5.41, 5.74) is 4.33. The number of carbonyl (C=O) groups is 1. The van der Waals surface area contributed by atoms with E-state index in [1.807, 2.05) is 0 Å². The molecule has 6 nitrogen and oxygen atoms in total. The quantitative estimate of drug-likeness (QED) is 0.808. The minimum Gasteiger partial charge on any atom is -0.506 e. The molecule has 0 bridgehead atoms. The first-order valence-electron chi connectivity index (χ1n) is 5.14. The number of nitrogens with two attached hydrogens (primary N) is 1. The predicted octanol–water partition coefficient (Wildman–Crippen LogP) is 1.32. The number of nitrogens with zero attached hydrogens (tertiary/aromatic N) is 1. The molecule has 0 amide bonds. The number of halogens is 3. The van der Waals surface area contributed by atoms with E-state index in [2.05, 4.69) is 14.5 Å². The monoisotopic (exact) mass is 280 g/mol. The molecule has 0 aliphatic carbocycles. The summed E-state index contributed by atoms with van der Waals surface area (Å²) in [4.78, 5) is 14.8. The van der Waals surface area contributed by atoms with Gasteiger partial charge in [-0.2, -0.15) is 0 Å². The third kappa shape index (κ3) is 3.98. The van der Waals surface area contributed by atoms with Gasteiger partial charge in [-0.05, 0) is 6.92 Å². The number of aromatic hydroxyl groups is 1. The molecule has 3 N–H and O–H groups in total. The van der Waals surface area contributed by atoms with Gasteiger partial charge in [0.05, 0.1) is 12.3 Å². The molecule has 1 aromatic rings. The number of hydrogen-bond donors (Lipinski definition) is 2. The highest BCUT2D eigenvalue weighted by Crippen LogP contribution is 2.29. The summed E-state index contributed by atoms with van der Waals surface area (Å²) in [6.45, 7) is 1.11. The lowest BCUT2D eigenvalue weighted by Crippen LogP contribution is -2.21. The Morgan fingerprint density at radius 1 is 1.53 bits per heavy atom. The van der Waals surface area contributed by atoms with Crippen LogP contribution in [0, 0.1) is 0 Å². The van der Waals surface area contributed by atoms with Crippen molar-refractivity contribution in [1.29, 1.82) is 0 Å². The number of ether oxygens (including phenoxy) is 2. The lowest BCUT2D eigenvalue weighted by Gasteiger charge is -2.13. The summed E-state index contributed by atoms with van der Waals surface area (Å²) in [6, 6.07) is 0.772. The van der Waals surface area contributed by atoms with Crippen LogP contribution in [0.3, 0.4) is 0 Å². The molecule has 0 atom stereocenters. The Kier molecular flexibility index (Phi) is 4.54. The Bertz CT molecular complexity index is 477. The Hall–Kier alpha value is -2.03. The normalized spacial score (nSPS) is 11.2. The first-order chi connectivity index (χ1) is 8.78. The second-order valence-corrected chi connectivity index (χ2v) is 3.28. The Balaban J connectivity index is 3.26. The van der Waals surface area contributed by atoms with E-state index in [9.17, 15) is 23.1 Å². The summed E-state index contributed by atoms with van der Waals surface area (Å²) < 4.78 is 44.8. The molecule has 0 spiro atoms. The first kappa shape index (κ1) is 15.0. The predicted molar refractivity (Wildman–Crippen MR) is 56.4 cm³/mol. The number of alkyl halides is 3. The van der Waals surface area contributed by atoms with Crippen LogP contribution in [-0.2, 0) is 11.3 Å². The highest BCUT2D eigenvalue weighted by molar-refractivity contribution is 5.92. The summed E-state index contributed by atoms with van der Waals surface area (Å²) >= 11 is 0. The molecule has 0 radical (unpaired) electrons. The number of hydrogen-bond acceptors (Lipinski definition) is 6. The molecule has 1 heterocycles. The fraction of sp³-hybridized carbons (Fsp3) is 0.400. The van der Waals surface area contributed by atoms with E-state index in [4.69, 9.17) is 5.73 Å². The van der Waals surface area contributed by atoms with Crippen LogP contribution in [0.4, 0.5) is 13.2 Å². The molecule has 0 aliphatic heterocycles. The van der Waals surface area contributed by atoms with Gasteiger partial charge in [0.25, 0.3) is 0 Å². The average molecular weight is 280 g/mol. The van der Waals surface area contributed by atoms with Crippen LogP contribution in [-0.4, -0.2) is 29.0 Å². The molecule has 106 valence electrons. The van der Waals surface area contributed by atoms with E-state index in [1.165, 1.54) is 6.92 Å². The molecule has 1 rings (SSSR count). The van der Waals surface area contributed by atoms with Crippen molar-refractivity contribution in [2.24, 2.45) is 5.73 Å². The van der Waals surface area contributed by atoms with E-state index >= 15 is 0 Å². The van der Waals surface area contributed by atoms with Gasteiger partial charge in [0.1, 0.15) is 11.3 Å². The van der Waals surface area contributed by atoms with Crippen molar-refractivity contribution in [3.63, 3.8) is 0 Å². The molecule has 9 heteroatoms. The molecule has 0 fully saturated rings. The maximum atomic E-state index is 12.2. The number of aromatic nitrogens is 1. The zero-order chi connectivity index (χ0) is 14.6. The van der Waals surface area contributed by atoms with Crippen LogP contribution in [0.25, 0.3) is 0 Å². The van der Waals surface area contributed by atoms with E-state index < -0.39 is 29.5 Å². The van der Waals surface area contributed by atoms with Crippen LogP contribution in [0.2, 0.25) is 0 Å². The largest absolute Gasteiger partial charge is 0.574 e. The van der Waals surface area contributed by atoms with Crippen molar-refractivity contribution >= 4 is 5.97 Å². The molecule has 0 unspecified atom stereocenters. The maximum absolute atomic E-state index is 12.2. The minimum atomic E-state index is -5.03. The van der Waals surface area contributed by atoms with Gasteiger partial charge in [-0.1, -0.05) is 0 Å². The molecular weight excluding hydrogens is 269 g/mol. The van der Waals surface area contributed by atoms with Gasteiger partial charge >= 0.3 is 12.3 Å². The van der Waals surface area contributed by atoms with Crippen molar-refractivity contribution < 1.29 is 32.5 Å². The van der Waals surface area contributed by atoms with Crippen LogP contribution >= 0.6 is 0 Å². The third-order valence-corrected chi connectivity index (χ3v) is 1.94. The summed E-state index contributed by atoms with van der Waals surface area (Å²) in [5.74, 6) is -2.61. The van der Waals surface area contributed by atoms with Gasteiger partial charge in [0.15, 0.2) is 0 Å². The second kappa shape index (κ2) is 5.74. The third-order valence-electron chi connectivity index (χ3n) is 1.94. The van der Waals surface area contributed by atoms with Crippen LogP contribution < -0.4 is 10.5 Å². The molecule has 0 saturated heterocycles. The van der Waals surface area contributed by atoms with E-state index in [1.54, 1.807) is 0 Å². The summed E-state index contributed by atoms with van der Waals surface area (Å²) in [5, 5.41) is 9.44. The standard InChI is InChI=1S/C10H11F3N2O4/c1-2-18-9(17)5-3-7(16)6(4-14)15-8(5)19-10(11,12)13/h3,16H,2,4,14H2,1H3. The number of pyridine rings is 1. The number of rotatable bonds is 4. The van der Waals surface area contributed by atoms with Gasteiger partial charge in [-0.15, -0.1) is 13.2 Å². The average Bonchev–Trinajstić information content (AvgIpc) is 2.29. The van der Waals surface area contributed by atoms with Gasteiger partial charge in [0, 0.05) is 12.6 Å². The molecule has 0 aliphatic rings. The van der Waals surface area contributed by atoms with Crippen LogP contribution in [0.1, 0.15) is 23.0 Å². The van der Waals surface area contributed by atoms with E-state index in [-0.39, 0.29) is 18.8 Å². The molecule has 0 saturated carbocycles. The number of esters is 1. The van der Waals surface area contributed by atoms with Crippen molar-refractivity contribution in [3.05, 3.63) is 17.3 Å². The van der Waals surface area contributed by atoms with E-state index in [0.717, 1.165) is 6.07 Å². The highest BCUT2D eigenvalue weighted by atomic mass is 19.4. The van der Waals surface area contributed by atoms with Crippen molar-refractivity contribution in [3.8, 4) is 11.6 Å². The van der Waals surface area contributed by atoms with Gasteiger partial charge in [-0.3, -0.25) is 0 Å². The zero-order valence-electron chi connectivity index (χ0n) is 9.82. The fourth-order valence-electron chi connectivity index (χ4n) is 1.21. The molecular formula is C10H11F3N2O4. The topological polar surface area (TPSA) is 94.7 Å². The Labute approximate surface area is 105 Å². The van der Waals surface area contributed by atoms with Crippen molar-refractivity contribution in [2.75, 3.05) is 6.61 Å². The SMILES string of the molecule is CCOC(=O)c1cc(O)c(CN)nc1OC(F)(F)F. The lowest BCUT2D eigenvalue weighted by molar-refractivity contribution is -0.276. The lowest BCUT2D eigenvalue weighted by atomic mass is 10.2. The molecule has 19 heavy (non-hydrogen) atoms. The smallest absolute Gasteiger partial charge is 0.506 e. The summed E-state index contributed by atoms with van der Waals surface area (Å²) in [6.07, 6.45) is -5.03. The minimum absolute atomic E-state index is 0.0519. The van der Waals surface area contributed by atoms with Crippen LogP contribution in [0.15, 0.2) is 6.07 Å². The zero-order valence-corrected chi connectivity index (χ0v) is 9.82. The van der Waals surface area contributed by atoms with Gasteiger partial charge in [-0.25, -0.2) is 9.78 Å². The second-order valence-electron chi connectivity index (χ2n) is 3.28. The molecule has 1 aromatic heterocycles. The number of carbonyl (C=O) groups excluding carboxylic acids is 1. The van der Waals surface area contributed by atoms with E-state index in [0.29, 0.717) is 0 Å². The first-order valence-corrected chi connectivity index (χ1v) is 5.14. The van der Waals surface area contributed by atoms with Gasteiger partial charge < -0.3 is 20.3 Å².